The topological polar surface area (TPSA) is 18.5 Å². The average Bonchev–Trinajstić information content (AvgIpc) is 3.06. The summed E-state index contributed by atoms with van der Waals surface area (Å²) in [5.74, 6) is 3.74. The minimum atomic E-state index is 0.472. The van der Waals surface area contributed by atoms with Crippen LogP contribution in [0.15, 0.2) is 22.7 Å². The van der Waals surface area contributed by atoms with Crippen molar-refractivity contribution in [3.8, 4) is 5.75 Å². The number of methoxy groups -OCH3 is 1. The second kappa shape index (κ2) is 6.37. The summed E-state index contributed by atoms with van der Waals surface area (Å²) in [6, 6.07) is 6.42. The van der Waals surface area contributed by atoms with E-state index in [1.54, 1.807) is 7.11 Å². The van der Waals surface area contributed by atoms with E-state index in [2.05, 4.69) is 50.1 Å². The maximum absolute atomic E-state index is 5.67. The van der Waals surface area contributed by atoms with Crippen LogP contribution in [-0.4, -0.2) is 20.3 Å². The Balaban J connectivity index is 1.63. The van der Waals surface area contributed by atoms with Gasteiger partial charge in [0.05, 0.1) is 11.1 Å². The summed E-state index contributed by atoms with van der Waals surface area (Å²) < 4.78 is 11.7. The van der Waals surface area contributed by atoms with E-state index in [9.17, 15) is 0 Å². The molecule has 0 saturated heterocycles. The first-order valence-electron chi connectivity index (χ1n) is 7.24. The predicted octanol–water partition coefficient (Wildman–Crippen LogP) is 4.96. The third-order valence-corrected chi connectivity index (χ3v) is 6.41. The smallest absolute Gasteiger partial charge is 0.133 e. The molecule has 0 amide bonds. The maximum Gasteiger partial charge on any atom is 0.133 e. The molecule has 2 saturated carbocycles. The van der Waals surface area contributed by atoms with Crippen LogP contribution in [0, 0.1) is 17.8 Å². The first-order valence-corrected chi connectivity index (χ1v) is 8.95. The Bertz CT molecular complexity index is 468. The van der Waals surface area contributed by atoms with Gasteiger partial charge in [-0.1, -0.05) is 22.0 Å². The Labute approximate surface area is 137 Å². The van der Waals surface area contributed by atoms with Crippen molar-refractivity contribution in [3.05, 3.63) is 28.2 Å². The maximum atomic E-state index is 5.67. The number of benzene rings is 1. The molecule has 2 aliphatic carbocycles. The molecule has 4 heteroatoms. The molecule has 0 spiro atoms. The van der Waals surface area contributed by atoms with Gasteiger partial charge in [-0.05, 0) is 70.6 Å². The van der Waals surface area contributed by atoms with Gasteiger partial charge in [0, 0.05) is 11.9 Å². The van der Waals surface area contributed by atoms with Crippen molar-refractivity contribution >= 4 is 31.9 Å². The van der Waals surface area contributed by atoms with Gasteiger partial charge in [-0.2, -0.15) is 0 Å². The van der Waals surface area contributed by atoms with Crippen LogP contribution in [0.3, 0.4) is 0 Å². The van der Waals surface area contributed by atoms with Gasteiger partial charge in [0.1, 0.15) is 12.4 Å². The van der Waals surface area contributed by atoms with Gasteiger partial charge < -0.3 is 9.47 Å². The van der Waals surface area contributed by atoms with Gasteiger partial charge in [0.2, 0.25) is 0 Å². The molecule has 2 nitrogen and oxygen atoms in total. The lowest BCUT2D eigenvalue weighted by Crippen LogP contribution is -2.07. The predicted molar refractivity (Wildman–Crippen MR) is 87.5 cm³/mol. The lowest BCUT2D eigenvalue weighted by atomic mass is 9.94. The fourth-order valence-electron chi connectivity index (χ4n) is 3.31. The van der Waals surface area contributed by atoms with E-state index in [4.69, 9.17) is 9.47 Å². The van der Waals surface area contributed by atoms with Crippen LogP contribution in [0.2, 0.25) is 0 Å². The summed E-state index contributed by atoms with van der Waals surface area (Å²) in [6.07, 6.45) is 4.26. The lowest BCUT2D eigenvalue weighted by molar-refractivity contribution is 0.146. The molecule has 1 aromatic rings. The van der Waals surface area contributed by atoms with Crippen molar-refractivity contribution in [2.24, 2.45) is 17.8 Å². The van der Waals surface area contributed by atoms with E-state index in [1.807, 2.05) is 0 Å². The quantitative estimate of drug-likeness (QED) is 0.493. The molecule has 0 aromatic heterocycles. The average molecular weight is 404 g/mol. The Hall–Kier alpha value is -0.0600. The normalized spacial score (nSPS) is 29.1. The van der Waals surface area contributed by atoms with E-state index in [1.165, 1.54) is 24.8 Å². The molecule has 0 heterocycles. The van der Waals surface area contributed by atoms with Gasteiger partial charge in [-0.15, -0.1) is 0 Å². The van der Waals surface area contributed by atoms with E-state index in [0.717, 1.165) is 28.0 Å². The molecule has 3 rings (SSSR count). The standard InChI is InChI=1S/C16H20Br2O2/c1-19-4-5-20-15-3-2-10(9-14(15)17)16(18)13-7-11-6-12(11)8-13/h2-3,9,11-13,16H,4-8H2,1H3. The molecular weight excluding hydrogens is 384 g/mol. The zero-order chi connectivity index (χ0) is 14.1. The van der Waals surface area contributed by atoms with Gasteiger partial charge in [0.25, 0.3) is 0 Å². The minimum absolute atomic E-state index is 0.472. The molecular formula is C16H20Br2O2. The highest BCUT2D eigenvalue weighted by atomic mass is 79.9. The zero-order valence-electron chi connectivity index (χ0n) is 11.6. The van der Waals surface area contributed by atoms with Gasteiger partial charge in [-0.25, -0.2) is 0 Å². The van der Waals surface area contributed by atoms with Crippen LogP contribution in [0.25, 0.3) is 0 Å². The Morgan fingerprint density at radius 3 is 2.60 bits per heavy atom. The molecule has 2 fully saturated rings. The van der Waals surface area contributed by atoms with Crippen molar-refractivity contribution in [1.82, 2.24) is 0 Å². The molecule has 0 bridgehead atoms. The number of fused-ring (bicyclic) bond motifs is 1. The Morgan fingerprint density at radius 1 is 1.20 bits per heavy atom. The second-order valence-electron chi connectivity index (χ2n) is 5.92. The molecule has 110 valence electrons. The first-order chi connectivity index (χ1) is 9.69. The van der Waals surface area contributed by atoms with Crippen LogP contribution in [0.4, 0.5) is 0 Å². The summed E-state index contributed by atoms with van der Waals surface area (Å²) >= 11 is 7.51. The van der Waals surface area contributed by atoms with Crippen molar-refractivity contribution < 1.29 is 9.47 Å². The molecule has 1 aromatic carbocycles. The first kappa shape index (κ1) is 14.9. The van der Waals surface area contributed by atoms with Crippen LogP contribution in [0.1, 0.15) is 29.7 Å². The fraction of sp³-hybridized carbons (Fsp3) is 0.625. The second-order valence-corrected chi connectivity index (χ2v) is 7.76. The van der Waals surface area contributed by atoms with Crippen molar-refractivity contribution in [3.63, 3.8) is 0 Å². The summed E-state index contributed by atoms with van der Waals surface area (Å²) in [5.41, 5.74) is 1.35. The summed E-state index contributed by atoms with van der Waals surface area (Å²) in [5, 5.41) is 0. The zero-order valence-corrected chi connectivity index (χ0v) is 14.8. The summed E-state index contributed by atoms with van der Waals surface area (Å²) in [6.45, 7) is 1.19. The van der Waals surface area contributed by atoms with Gasteiger partial charge in [-0.3, -0.25) is 0 Å². The molecule has 0 radical (unpaired) electrons. The fourth-order valence-corrected chi connectivity index (χ4v) is 4.54. The molecule has 3 unspecified atom stereocenters. The number of hydrogen-bond acceptors (Lipinski definition) is 2. The van der Waals surface area contributed by atoms with Gasteiger partial charge in [0.15, 0.2) is 0 Å². The summed E-state index contributed by atoms with van der Waals surface area (Å²) in [4.78, 5) is 0.472. The third-order valence-electron chi connectivity index (χ3n) is 4.51. The number of halogens is 2. The van der Waals surface area contributed by atoms with Crippen LogP contribution in [-0.2, 0) is 4.74 Å². The van der Waals surface area contributed by atoms with Crippen LogP contribution < -0.4 is 4.74 Å². The van der Waals surface area contributed by atoms with E-state index in [0.29, 0.717) is 18.0 Å². The highest BCUT2D eigenvalue weighted by Gasteiger charge is 2.47. The highest BCUT2D eigenvalue weighted by molar-refractivity contribution is 9.10. The van der Waals surface area contributed by atoms with E-state index in [-0.39, 0.29) is 0 Å². The van der Waals surface area contributed by atoms with E-state index >= 15 is 0 Å². The Morgan fingerprint density at radius 2 is 1.95 bits per heavy atom. The number of hydrogen-bond donors (Lipinski definition) is 0. The SMILES string of the molecule is COCCOc1ccc(C(Br)C2CC3CC3C2)cc1Br. The largest absolute Gasteiger partial charge is 0.490 e. The van der Waals surface area contributed by atoms with E-state index < -0.39 is 0 Å². The number of ether oxygens (including phenoxy) is 2. The molecule has 20 heavy (non-hydrogen) atoms. The molecule has 0 aliphatic heterocycles. The van der Waals surface area contributed by atoms with Crippen molar-refractivity contribution in [2.75, 3.05) is 20.3 Å². The molecule has 2 aliphatic rings. The summed E-state index contributed by atoms with van der Waals surface area (Å²) in [7, 11) is 1.68. The monoisotopic (exact) mass is 402 g/mol. The minimum Gasteiger partial charge on any atom is -0.490 e. The van der Waals surface area contributed by atoms with Crippen LogP contribution in [0.5, 0.6) is 5.75 Å². The third kappa shape index (κ3) is 3.23. The van der Waals surface area contributed by atoms with Crippen molar-refractivity contribution in [2.45, 2.75) is 24.1 Å². The van der Waals surface area contributed by atoms with Crippen molar-refractivity contribution in [1.29, 1.82) is 0 Å². The number of rotatable bonds is 6. The molecule has 3 atom stereocenters. The lowest BCUT2D eigenvalue weighted by Gasteiger charge is -2.20. The van der Waals surface area contributed by atoms with Gasteiger partial charge >= 0.3 is 0 Å². The highest BCUT2D eigenvalue weighted by Crippen LogP contribution is 2.58. The molecule has 0 N–H and O–H groups in total. The number of alkyl halides is 1. The Kier molecular flexibility index (Phi) is 4.73. The van der Waals surface area contributed by atoms with Crippen LogP contribution >= 0.6 is 31.9 Å².